The van der Waals surface area contributed by atoms with Gasteiger partial charge in [-0.1, -0.05) is 26.7 Å². The first-order chi connectivity index (χ1) is 9.24. The molecule has 0 saturated heterocycles. The van der Waals surface area contributed by atoms with Gasteiger partial charge in [-0.2, -0.15) is 5.10 Å². The van der Waals surface area contributed by atoms with Gasteiger partial charge in [0.15, 0.2) is 0 Å². The SMILES string of the molecule is C#CCn1ncc(NCC(O)CC(C)(C)C)c(Br)c1=O. The van der Waals surface area contributed by atoms with Gasteiger partial charge in [0.05, 0.1) is 18.0 Å². The lowest BCUT2D eigenvalue weighted by atomic mass is 9.89. The van der Waals surface area contributed by atoms with E-state index in [-0.39, 0.29) is 17.5 Å². The minimum Gasteiger partial charge on any atom is -0.391 e. The third-order valence-corrected chi connectivity index (χ3v) is 3.37. The van der Waals surface area contributed by atoms with Crippen molar-refractivity contribution in [2.45, 2.75) is 39.8 Å². The third-order valence-electron chi connectivity index (χ3n) is 2.60. The molecular formula is C14H20BrN3O2. The summed E-state index contributed by atoms with van der Waals surface area (Å²) in [5.41, 5.74) is 0.307. The fourth-order valence-electron chi connectivity index (χ4n) is 1.79. The van der Waals surface area contributed by atoms with Crippen LogP contribution in [0.1, 0.15) is 27.2 Å². The molecule has 5 nitrogen and oxygen atoms in total. The molecule has 0 bridgehead atoms. The fraction of sp³-hybridized carbons (Fsp3) is 0.571. The highest BCUT2D eigenvalue weighted by Crippen LogP contribution is 2.21. The summed E-state index contributed by atoms with van der Waals surface area (Å²) in [4.78, 5) is 11.9. The molecule has 110 valence electrons. The second-order valence-corrected chi connectivity index (χ2v) is 6.63. The number of terminal acetylenes is 1. The number of halogens is 1. The maximum atomic E-state index is 11.9. The van der Waals surface area contributed by atoms with Gasteiger partial charge < -0.3 is 10.4 Å². The van der Waals surface area contributed by atoms with E-state index in [0.29, 0.717) is 23.1 Å². The maximum absolute atomic E-state index is 11.9. The number of aliphatic hydroxyl groups is 1. The smallest absolute Gasteiger partial charge is 0.284 e. The molecule has 2 N–H and O–H groups in total. The molecule has 20 heavy (non-hydrogen) atoms. The van der Waals surface area contributed by atoms with Crippen LogP contribution in [0.4, 0.5) is 5.69 Å². The molecule has 0 radical (unpaired) electrons. The van der Waals surface area contributed by atoms with E-state index < -0.39 is 6.10 Å². The summed E-state index contributed by atoms with van der Waals surface area (Å²) in [6.45, 7) is 6.68. The quantitative estimate of drug-likeness (QED) is 0.802. The van der Waals surface area contributed by atoms with Gasteiger partial charge in [0.25, 0.3) is 5.56 Å². The van der Waals surface area contributed by atoms with Gasteiger partial charge >= 0.3 is 0 Å². The van der Waals surface area contributed by atoms with Gasteiger partial charge in [-0.15, -0.1) is 6.42 Å². The second kappa shape index (κ2) is 6.91. The van der Waals surface area contributed by atoms with Crippen LogP contribution in [0, 0.1) is 17.8 Å². The topological polar surface area (TPSA) is 67.2 Å². The Morgan fingerprint density at radius 2 is 2.25 bits per heavy atom. The molecule has 1 heterocycles. The largest absolute Gasteiger partial charge is 0.391 e. The summed E-state index contributed by atoms with van der Waals surface area (Å²) in [6.07, 6.45) is 6.86. The van der Waals surface area contributed by atoms with Crippen LogP contribution in [0.3, 0.4) is 0 Å². The number of aromatic nitrogens is 2. The average Bonchev–Trinajstić information content (AvgIpc) is 2.32. The van der Waals surface area contributed by atoms with E-state index in [4.69, 9.17) is 6.42 Å². The van der Waals surface area contributed by atoms with E-state index >= 15 is 0 Å². The van der Waals surface area contributed by atoms with Crippen LogP contribution in [0.5, 0.6) is 0 Å². The number of anilines is 1. The zero-order chi connectivity index (χ0) is 15.3. The highest BCUT2D eigenvalue weighted by atomic mass is 79.9. The van der Waals surface area contributed by atoms with Crippen molar-refractivity contribution in [3.8, 4) is 12.3 Å². The summed E-state index contributed by atoms with van der Waals surface area (Å²) < 4.78 is 1.56. The van der Waals surface area contributed by atoms with Crippen LogP contribution in [0.15, 0.2) is 15.5 Å². The van der Waals surface area contributed by atoms with Gasteiger partial charge in [-0.05, 0) is 27.8 Å². The summed E-state index contributed by atoms with van der Waals surface area (Å²) >= 11 is 3.23. The van der Waals surface area contributed by atoms with E-state index in [9.17, 15) is 9.90 Å². The predicted octanol–water partition coefficient (Wildman–Crippen LogP) is 1.85. The minimum absolute atomic E-state index is 0.0484. The van der Waals surface area contributed by atoms with E-state index in [1.54, 1.807) is 0 Å². The lowest BCUT2D eigenvalue weighted by Crippen LogP contribution is -2.28. The van der Waals surface area contributed by atoms with E-state index in [2.05, 4.69) is 53.0 Å². The highest BCUT2D eigenvalue weighted by Gasteiger charge is 2.17. The zero-order valence-corrected chi connectivity index (χ0v) is 13.6. The summed E-state index contributed by atoms with van der Waals surface area (Å²) in [5.74, 6) is 2.37. The van der Waals surface area contributed by atoms with E-state index in [0.717, 1.165) is 0 Å². The summed E-state index contributed by atoms with van der Waals surface area (Å²) in [5, 5.41) is 16.9. The lowest BCUT2D eigenvalue weighted by molar-refractivity contribution is 0.132. The van der Waals surface area contributed by atoms with Gasteiger partial charge in [-0.25, -0.2) is 4.68 Å². The fourth-order valence-corrected chi connectivity index (χ4v) is 2.24. The monoisotopic (exact) mass is 341 g/mol. The number of hydrogen-bond acceptors (Lipinski definition) is 4. The van der Waals surface area contributed by atoms with Crippen molar-refractivity contribution in [2.24, 2.45) is 5.41 Å². The number of rotatable bonds is 5. The highest BCUT2D eigenvalue weighted by molar-refractivity contribution is 9.10. The van der Waals surface area contributed by atoms with Crippen LogP contribution < -0.4 is 10.9 Å². The maximum Gasteiger partial charge on any atom is 0.284 e. The molecule has 6 heteroatoms. The molecular weight excluding hydrogens is 322 g/mol. The normalized spacial score (nSPS) is 12.8. The summed E-state index contributed by atoms with van der Waals surface area (Å²) in [6, 6.07) is 0. The van der Waals surface area contributed by atoms with Crippen molar-refractivity contribution < 1.29 is 5.11 Å². The van der Waals surface area contributed by atoms with Crippen LogP contribution in [0.25, 0.3) is 0 Å². The molecule has 1 aromatic rings. The molecule has 0 spiro atoms. The Kier molecular flexibility index (Phi) is 5.78. The van der Waals surface area contributed by atoms with Crippen molar-refractivity contribution in [1.82, 2.24) is 9.78 Å². The van der Waals surface area contributed by atoms with Crippen LogP contribution >= 0.6 is 15.9 Å². The van der Waals surface area contributed by atoms with Crippen molar-refractivity contribution in [1.29, 1.82) is 0 Å². The van der Waals surface area contributed by atoms with Crippen LogP contribution in [0.2, 0.25) is 0 Å². The molecule has 1 atom stereocenters. The molecule has 1 rings (SSSR count). The molecule has 0 saturated carbocycles. The Morgan fingerprint density at radius 1 is 1.60 bits per heavy atom. The average molecular weight is 342 g/mol. The Hall–Kier alpha value is -1.32. The number of hydrogen-bond donors (Lipinski definition) is 2. The lowest BCUT2D eigenvalue weighted by Gasteiger charge is -2.22. The Balaban J connectivity index is 2.73. The molecule has 0 fully saturated rings. The van der Waals surface area contributed by atoms with Gasteiger partial charge in [0.1, 0.15) is 11.0 Å². The standard InChI is InChI=1S/C14H20BrN3O2/c1-5-6-18-13(20)12(15)11(9-17-18)16-8-10(19)7-14(2,3)4/h1,9-10,16,19H,6-8H2,2-4H3. The molecule has 0 aliphatic heterocycles. The number of aliphatic hydroxyl groups excluding tert-OH is 1. The molecule has 0 aliphatic rings. The van der Waals surface area contributed by atoms with Crippen LogP contribution in [-0.2, 0) is 6.54 Å². The molecule has 0 aromatic carbocycles. The van der Waals surface area contributed by atoms with E-state index in [1.165, 1.54) is 10.9 Å². The number of nitrogens with zero attached hydrogens (tertiary/aromatic N) is 2. The second-order valence-electron chi connectivity index (χ2n) is 5.84. The molecule has 0 aliphatic carbocycles. The predicted molar refractivity (Wildman–Crippen MR) is 83.6 cm³/mol. The first-order valence-corrected chi connectivity index (χ1v) is 7.15. The van der Waals surface area contributed by atoms with Crippen molar-refractivity contribution in [3.05, 3.63) is 21.0 Å². The zero-order valence-electron chi connectivity index (χ0n) is 12.0. The van der Waals surface area contributed by atoms with Crippen molar-refractivity contribution in [3.63, 3.8) is 0 Å². The van der Waals surface area contributed by atoms with Crippen LogP contribution in [-0.4, -0.2) is 27.5 Å². The van der Waals surface area contributed by atoms with Gasteiger partial charge in [0, 0.05) is 6.54 Å². The molecule has 0 amide bonds. The molecule has 1 unspecified atom stereocenters. The summed E-state index contributed by atoms with van der Waals surface area (Å²) in [7, 11) is 0. The Labute approximate surface area is 127 Å². The van der Waals surface area contributed by atoms with E-state index in [1.807, 2.05) is 0 Å². The first-order valence-electron chi connectivity index (χ1n) is 6.35. The van der Waals surface area contributed by atoms with Gasteiger partial charge in [0.2, 0.25) is 0 Å². The third kappa shape index (κ3) is 4.99. The number of nitrogens with one attached hydrogen (secondary N) is 1. The Morgan fingerprint density at radius 3 is 2.80 bits per heavy atom. The Bertz CT molecular complexity index is 555. The van der Waals surface area contributed by atoms with Crippen molar-refractivity contribution in [2.75, 3.05) is 11.9 Å². The molecule has 1 aromatic heterocycles. The first kappa shape index (κ1) is 16.7. The van der Waals surface area contributed by atoms with Gasteiger partial charge in [-0.3, -0.25) is 4.79 Å². The minimum atomic E-state index is -0.491. The van der Waals surface area contributed by atoms with Crippen molar-refractivity contribution >= 4 is 21.6 Å².